The number of hydrogen-bond donors (Lipinski definition) is 0. The number of rotatable bonds is 6. The molecule has 1 saturated heterocycles. The zero-order valence-corrected chi connectivity index (χ0v) is 14.1. The molecule has 0 spiro atoms. The molecule has 1 atom stereocenters. The van der Waals surface area contributed by atoms with Gasteiger partial charge < -0.3 is 9.26 Å². The topological polar surface area (TPSA) is 64.3 Å². The van der Waals surface area contributed by atoms with E-state index < -0.39 is 0 Å². The van der Waals surface area contributed by atoms with E-state index in [4.69, 9.17) is 9.26 Å². The largest absolute Gasteiger partial charge is 0.368 e. The molecule has 1 aliphatic rings. The smallest absolute Gasteiger partial charge is 0.255 e. The Bertz CT molecular complexity index is 604. The van der Waals surface area contributed by atoms with Gasteiger partial charge in [-0.05, 0) is 19.9 Å². The molecule has 22 heavy (non-hydrogen) atoms. The quantitative estimate of drug-likeness (QED) is 0.814. The van der Waals surface area contributed by atoms with E-state index in [1.54, 1.807) is 11.3 Å². The van der Waals surface area contributed by atoms with Gasteiger partial charge in [0.2, 0.25) is 0 Å². The van der Waals surface area contributed by atoms with Crippen molar-refractivity contribution in [3.63, 3.8) is 0 Å². The van der Waals surface area contributed by atoms with Gasteiger partial charge in [0.15, 0.2) is 5.82 Å². The van der Waals surface area contributed by atoms with Gasteiger partial charge in [0.25, 0.3) is 5.89 Å². The second-order valence-electron chi connectivity index (χ2n) is 6.05. The SMILES string of the molecule is CC(C)c1nc(CN(C)Cc2noc([C@H]3CCCO3)n2)cs1. The minimum atomic E-state index is -0.0151. The van der Waals surface area contributed by atoms with Crippen LogP contribution >= 0.6 is 11.3 Å². The first-order valence-electron chi connectivity index (χ1n) is 7.68. The summed E-state index contributed by atoms with van der Waals surface area (Å²) in [4.78, 5) is 11.2. The third-order valence-electron chi connectivity index (χ3n) is 3.60. The molecule has 6 nitrogen and oxygen atoms in total. The van der Waals surface area contributed by atoms with Gasteiger partial charge in [0.1, 0.15) is 6.10 Å². The van der Waals surface area contributed by atoms with Crippen molar-refractivity contribution in [2.75, 3.05) is 13.7 Å². The Labute approximate surface area is 134 Å². The van der Waals surface area contributed by atoms with Crippen molar-refractivity contribution < 1.29 is 9.26 Å². The number of hydrogen-bond acceptors (Lipinski definition) is 7. The molecule has 3 rings (SSSR count). The monoisotopic (exact) mass is 322 g/mol. The molecule has 0 saturated carbocycles. The fraction of sp³-hybridized carbons (Fsp3) is 0.667. The zero-order valence-electron chi connectivity index (χ0n) is 13.3. The van der Waals surface area contributed by atoms with E-state index in [-0.39, 0.29) is 6.10 Å². The van der Waals surface area contributed by atoms with Gasteiger partial charge in [-0.15, -0.1) is 11.3 Å². The van der Waals surface area contributed by atoms with Crippen LogP contribution in [0, 0.1) is 0 Å². The summed E-state index contributed by atoms with van der Waals surface area (Å²) in [5, 5.41) is 7.36. The second kappa shape index (κ2) is 6.85. The maximum Gasteiger partial charge on any atom is 0.255 e. The molecule has 0 radical (unpaired) electrons. The lowest BCUT2D eigenvalue weighted by Gasteiger charge is -2.12. The molecular weight excluding hydrogens is 300 g/mol. The highest BCUT2D eigenvalue weighted by Gasteiger charge is 2.24. The summed E-state index contributed by atoms with van der Waals surface area (Å²) in [7, 11) is 2.04. The maximum atomic E-state index is 5.56. The Kier molecular flexibility index (Phi) is 4.85. The van der Waals surface area contributed by atoms with Crippen molar-refractivity contribution in [3.05, 3.63) is 27.8 Å². The van der Waals surface area contributed by atoms with Gasteiger partial charge in [0, 0.05) is 24.4 Å². The molecule has 0 N–H and O–H groups in total. The van der Waals surface area contributed by atoms with Crippen LogP contribution in [-0.2, 0) is 17.8 Å². The minimum Gasteiger partial charge on any atom is -0.368 e. The lowest BCUT2D eigenvalue weighted by atomic mass is 10.2. The molecule has 0 unspecified atom stereocenters. The maximum absolute atomic E-state index is 5.56. The van der Waals surface area contributed by atoms with Crippen LogP contribution in [0.2, 0.25) is 0 Å². The van der Waals surface area contributed by atoms with Crippen LogP contribution < -0.4 is 0 Å². The number of aromatic nitrogens is 3. The Morgan fingerprint density at radius 1 is 1.36 bits per heavy atom. The summed E-state index contributed by atoms with van der Waals surface area (Å²) in [6, 6.07) is 0. The van der Waals surface area contributed by atoms with Gasteiger partial charge in [-0.2, -0.15) is 4.98 Å². The van der Waals surface area contributed by atoms with E-state index in [1.165, 1.54) is 5.01 Å². The molecule has 0 amide bonds. The lowest BCUT2D eigenvalue weighted by Crippen LogP contribution is -2.18. The Morgan fingerprint density at radius 2 is 2.23 bits per heavy atom. The van der Waals surface area contributed by atoms with Crippen LogP contribution in [0.15, 0.2) is 9.90 Å². The molecule has 1 fully saturated rings. The number of thiazole rings is 1. The molecule has 7 heteroatoms. The van der Waals surface area contributed by atoms with Crippen LogP contribution in [0.5, 0.6) is 0 Å². The van der Waals surface area contributed by atoms with Gasteiger partial charge in [-0.1, -0.05) is 19.0 Å². The van der Waals surface area contributed by atoms with Crippen LogP contribution in [0.3, 0.4) is 0 Å². The van der Waals surface area contributed by atoms with Crippen LogP contribution in [-0.4, -0.2) is 33.7 Å². The summed E-state index contributed by atoms with van der Waals surface area (Å²) in [5.74, 6) is 1.79. The number of nitrogens with zero attached hydrogens (tertiary/aromatic N) is 4. The van der Waals surface area contributed by atoms with Crippen LogP contribution in [0.4, 0.5) is 0 Å². The van der Waals surface area contributed by atoms with Crippen molar-refractivity contribution in [1.82, 2.24) is 20.0 Å². The third-order valence-corrected chi connectivity index (χ3v) is 4.79. The van der Waals surface area contributed by atoms with Crippen LogP contribution in [0.25, 0.3) is 0 Å². The molecule has 0 bridgehead atoms. The van der Waals surface area contributed by atoms with E-state index >= 15 is 0 Å². The van der Waals surface area contributed by atoms with Gasteiger partial charge >= 0.3 is 0 Å². The van der Waals surface area contributed by atoms with E-state index in [0.29, 0.717) is 24.2 Å². The molecule has 2 aromatic heterocycles. The highest BCUT2D eigenvalue weighted by molar-refractivity contribution is 7.09. The summed E-state index contributed by atoms with van der Waals surface area (Å²) < 4.78 is 10.9. The Morgan fingerprint density at radius 3 is 2.91 bits per heavy atom. The van der Waals surface area contributed by atoms with E-state index in [9.17, 15) is 0 Å². The van der Waals surface area contributed by atoms with Gasteiger partial charge in [-0.3, -0.25) is 4.90 Å². The molecule has 2 aromatic rings. The first kappa shape index (κ1) is 15.6. The standard InChI is InChI=1S/C15H22N4O2S/c1-10(2)15-16-11(9-22-15)7-19(3)8-13-17-14(21-18-13)12-5-4-6-20-12/h9-10,12H,4-8H2,1-3H3/t12-/m1/s1. The molecule has 0 aliphatic carbocycles. The highest BCUT2D eigenvalue weighted by atomic mass is 32.1. The Balaban J connectivity index is 1.55. The fourth-order valence-corrected chi connectivity index (χ4v) is 3.30. The summed E-state index contributed by atoms with van der Waals surface area (Å²) in [6.07, 6.45) is 2.01. The average molecular weight is 322 g/mol. The molecule has 0 aromatic carbocycles. The van der Waals surface area contributed by atoms with E-state index in [2.05, 4.69) is 39.3 Å². The summed E-state index contributed by atoms with van der Waals surface area (Å²) in [5.41, 5.74) is 1.10. The van der Waals surface area contributed by atoms with E-state index in [1.807, 2.05) is 7.05 Å². The van der Waals surface area contributed by atoms with E-state index in [0.717, 1.165) is 31.7 Å². The fourth-order valence-electron chi connectivity index (χ4n) is 2.47. The highest BCUT2D eigenvalue weighted by Crippen LogP contribution is 2.27. The Hall–Kier alpha value is -1.31. The molecular formula is C15H22N4O2S. The first-order valence-corrected chi connectivity index (χ1v) is 8.56. The predicted molar refractivity (Wildman–Crippen MR) is 83.6 cm³/mol. The molecule has 120 valence electrons. The van der Waals surface area contributed by atoms with Gasteiger partial charge in [-0.25, -0.2) is 4.98 Å². The second-order valence-corrected chi connectivity index (χ2v) is 6.94. The van der Waals surface area contributed by atoms with Crippen LogP contribution in [0.1, 0.15) is 61.1 Å². The van der Waals surface area contributed by atoms with Crippen molar-refractivity contribution in [2.24, 2.45) is 0 Å². The summed E-state index contributed by atoms with van der Waals surface area (Å²) in [6.45, 7) is 6.54. The predicted octanol–water partition coefficient (Wildman–Crippen LogP) is 3.13. The normalized spacial score (nSPS) is 18.7. The third kappa shape index (κ3) is 3.71. The number of ether oxygens (including phenoxy) is 1. The van der Waals surface area contributed by atoms with Crippen molar-refractivity contribution in [3.8, 4) is 0 Å². The lowest BCUT2D eigenvalue weighted by molar-refractivity contribution is 0.0835. The first-order chi connectivity index (χ1) is 10.6. The molecule has 1 aliphatic heterocycles. The summed E-state index contributed by atoms with van der Waals surface area (Å²) >= 11 is 1.72. The van der Waals surface area contributed by atoms with Gasteiger partial charge in [0.05, 0.1) is 17.2 Å². The average Bonchev–Trinajstić information content (AvgIpc) is 3.18. The molecule has 3 heterocycles. The van der Waals surface area contributed by atoms with Crippen molar-refractivity contribution >= 4 is 11.3 Å². The van der Waals surface area contributed by atoms with Crippen molar-refractivity contribution in [2.45, 2.75) is 51.8 Å². The zero-order chi connectivity index (χ0) is 15.5. The van der Waals surface area contributed by atoms with Crippen molar-refractivity contribution in [1.29, 1.82) is 0 Å². The minimum absolute atomic E-state index is 0.0151.